The molecule has 0 unspecified atom stereocenters. The zero-order valence-electron chi connectivity index (χ0n) is 6.53. The molecule has 0 aliphatic rings. The molecule has 0 aromatic heterocycles. The zero-order valence-corrected chi connectivity index (χ0v) is 6.53. The molecule has 0 saturated carbocycles. The lowest BCUT2D eigenvalue weighted by Crippen LogP contribution is -2.17. The maximum Gasteiger partial charge on any atom is 0.147 e. The van der Waals surface area contributed by atoms with Gasteiger partial charge in [0.2, 0.25) is 0 Å². The van der Waals surface area contributed by atoms with Crippen LogP contribution < -0.4 is 5.32 Å². The van der Waals surface area contributed by atoms with Crippen molar-refractivity contribution in [1.82, 2.24) is 5.32 Å². The minimum atomic E-state index is 0.227. The highest BCUT2D eigenvalue weighted by Gasteiger charge is 1.95. The fraction of sp³-hybridized carbons (Fsp3) is 0.625. The summed E-state index contributed by atoms with van der Waals surface area (Å²) >= 11 is 0. The minimum absolute atomic E-state index is 0.227. The molecule has 0 fully saturated rings. The van der Waals surface area contributed by atoms with Crippen LogP contribution in [0.1, 0.15) is 19.8 Å². The van der Waals surface area contributed by atoms with E-state index in [9.17, 15) is 4.79 Å². The molecule has 56 valence electrons. The van der Waals surface area contributed by atoms with Crippen LogP contribution in [0, 0.1) is 11.8 Å². The van der Waals surface area contributed by atoms with Crippen LogP contribution in [0.5, 0.6) is 0 Å². The van der Waals surface area contributed by atoms with Crippen LogP contribution >= 0.6 is 0 Å². The first-order chi connectivity index (χ1) is 4.81. The van der Waals surface area contributed by atoms with Crippen molar-refractivity contribution in [3.05, 3.63) is 0 Å². The Morgan fingerprint density at radius 2 is 2.30 bits per heavy atom. The Kier molecular flexibility index (Phi) is 5.80. The first-order valence-corrected chi connectivity index (χ1v) is 3.37. The number of hydrogen-bond donors (Lipinski definition) is 1. The lowest BCUT2D eigenvalue weighted by molar-refractivity contribution is -0.118. The number of carbonyl (C=O) groups is 1. The Balaban J connectivity index is 3.27. The van der Waals surface area contributed by atoms with Gasteiger partial charge in [0, 0.05) is 12.8 Å². The SMILES string of the molecule is CC#CCCC(=O)CNC. The van der Waals surface area contributed by atoms with Gasteiger partial charge < -0.3 is 5.32 Å². The Hall–Kier alpha value is -0.810. The summed E-state index contributed by atoms with van der Waals surface area (Å²) in [5.74, 6) is 5.81. The topological polar surface area (TPSA) is 29.1 Å². The molecular weight excluding hydrogens is 126 g/mol. The monoisotopic (exact) mass is 139 g/mol. The number of nitrogens with one attached hydrogen (secondary N) is 1. The summed E-state index contributed by atoms with van der Waals surface area (Å²) in [4.78, 5) is 10.8. The average molecular weight is 139 g/mol. The maximum atomic E-state index is 10.8. The minimum Gasteiger partial charge on any atom is -0.313 e. The van der Waals surface area contributed by atoms with Gasteiger partial charge in [0.05, 0.1) is 6.54 Å². The third-order valence-corrected chi connectivity index (χ3v) is 1.08. The van der Waals surface area contributed by atoms with Crippen LogP contribution in [0.15, 0.2) is 0 Å². The van der Waals surface area contributed by atoms with Crippen molar-refractivity contribution in [2.24, 2.45) is 0 Å². The van der Waals surface area contributed by atoms with Crippen molar-refractivity contribution in [1.29, 1.82) is 0 Å². The second-order valence-electron chi connectivity index (χ2n) is 2.00. The van der Waals surface area contributed by atoms with Crippen LogP contribution in [-0.4, -0.2) is 19.4 Å². The highest BCUT2D eigenvalue weighted by Crippen LogP contribution is 1.86. The van der Waals surface area contributed by atoms with Crippen molar-refractivity contribution in [2.45, 2.75) is 19.8 Å². The molecule has 0 aliphatic heterocycles. The van der Waals surface area contributed by atoms with E-state index in [1.807, 2.05) is 0 Å². The molecule has 0 saturated heterocycles. The molecule has 0 spiro atoms. The van der Waals surface area contributed by atoms with E-state index in [0.717, 1.165) is 0 Å². The van der Waals surface area contributed by atoms with E-state index in [1.54, 1.807) is 14.0 Å². The van der Waals surface area contributed by atoms with E-state index < -0.39 is 0 Å². The van der Waals surface area contributed by atoms with E-state index in [2.05, 4.69) is 17.2 Å². The van der Waals surface area contributed by atoms with E-state index in [1.165, 1.54) is 0 Å². The summed E-state index contributed by atoms with van der Waals surface area (Å²) in [6, 6.07) is 0. The standard InChI is InChI=1S/C8H13NO/c1-3-4-5-6-8(10)7-9-2/h9H,5-7H2,1-2H3. The van der Waals surface area contributed by atoms with Gasteiger partial charge in [-0.2, -0.15) is 0 Å². The molecule has 0 aliphatic carbocycles. The first-order valence-electron chi connectivity index (χ1n) is 3.37. The third-order valence-electron chi connectivity index (χ3n) is 1.08. The fourth-order valence-corrected chi connectivity index (χ4v) is 0.612. The molecule has 0 heterocycles. The maximum absolute atomic E-state index is 10.8. The number of Topliss-reactive ketones (excluding diaryl/α,β-unsaturated/α-hetero) is 1. The lowest BCUT2D eigenvalue weighted by Gasteiger charge is -1.93. The van der Waals surface area contributed by atoms with Gasteiger partial charge in [-0.3, -0.25) is 4.79 Å². The lowest BCUT2D eigenvalue weighted by atomic mass is 10.2. The quantitative estimate of drug-likeness (QED) is 0.577. The van der Waals surface area contributed by atoms with Crippen molar-refractivity contribution in [3.63, 3.8) is 0 Å². The summed E-state index contributed by atoms with van der Waals surface area (Å²) in [7, 11) is 1.77. The van der Waals surface area contributed by atoms with Gasteiger partial charge >= 0.3 is 0 Å². The average Bonchev–Trinajstić information content (AvgIpc) is 1.89. The number of carbonyl (C=O) groups excluding carboxylic acids is 1. The Morgan fingerprint density at radius 3 is 2.80 bits per heavy atom. The highest BCUT2D eigenvalue weighted by molar-refractivity contribution is 5.80. The van der Waals surface area contributed by atoms with Gasteiger partial charge in [0.15, 0.2) is 0 Å². The van der Waals surface area contributed by atoms with Gasteiger partial charge in [-0.25, -0.2) is 0 Å². The largest absolute Gasteiger partial charge is 0.313 e. The summed E-state index contributed by atoms with van der Waals surface area (Å²) in [6.45, 7) is 2.24. The van der Waals surface area contributed by atoms with Crippen LogP contribution in [0.3, 0.4) is 0 Å². The van der Waals surface area contributed by atoms with Gasteiger partial charge in [-0.1, -0.05) is 0 Å². The van der Waals surface area contributed by atoms with Crippen molar-refractivity contribution in [2.75, 3.05) is 13.6 Å². The molecule has 2 heteroatoms. The normalized spacial score (nSPS) is 8.20. The molecule has 10 heavy (non-hydrogen) atoms. The first kappa shape index (κ1) is 9.19. The molecule has 0 rings (SSSR count). The highest BCUT2D eigenvalue weighted by atomic mass is 16.1. The van der Waals surface area contributed by atoms with Gasteiger partial charge in [-0.05, 0) is 14.0 Å². The van der Waals surface area contributed by atoms with Crippen molar-refractivity contribution in [3.8, 4) is 11.8 Å². The zero-order chi connectivity index (χ0) is 7.82. The molecule has 0 amide bonds. The Morgan fingerprint density at radius 1 is 1.60 bits per heavy atom. The van der Waals surface area contributed by atoms with Crippen molar-refractivity contribution >= 4 is 5.78 Å². The number of likely N-dealkylation sites (N-methyl/N-ethyl adjacent to an activating group) is 1. The van der Waals surface area contributed by atoms with Gasteiger partial charge in [0.25, 0.3) is 0 Å². The van der Waals surface area contributed by atoms with Gasteiger partial charge in [-0.15, -0.1) is 11.8 Å². The van der Waals surface area contributed by atoms with E-state index in [0.29, 0.717) is 19.4 Å². The molecule has 0 bridgehead atoms. The molecule has 0 radical (unpaired) electrons. The van der Waals surface area contributed by atoms with Gasteiger partial charge in [0.1, 0.15) is 5.78 Å². The molecule has 0 atom stereocenters. The molecule has 0 aromatic carbocycles. The third kappa shape index (κ3) is 5.33. The molecule has 2 nitrogen and oxygen atoms in total. The number of hydrogen-bond acceptors (Lipinski definition) is 2. The number of ketones is 1. The van der Waals surface area contributed by atoms with Crippen LogP contribution in [0.2, 0.25) is 0 Å². The number of rotatable bonds is 4. The summed E-state index contributed by atoms with van der Waals surface area (Å²) in [5.41, 5.74) is 0. The van der Waals surface area contributed by atoms with Crippen molar-refractivity contribution < 1.29 is 4.79 Å². The predicted octanol–water partition coefficient (Wildman–Crippen LogP) is 0.578. The molecule has 0 aromatic rings. The molecular formula is C8H13NO. The Labute approximate surface area is 62.0 Å². The summed E-state index contributed by atoms with van der Waals surface area (Å²) < 4.78 is 0. The van der Waals surface area contributed by atoms with E-state index in [-0.39, 0.29) is 5.78 Å². The predicted molar refractivity (Wildman–Crippen MR) is 41.6 cm³/mol. The molecule has 1 N–H and O–H groups in total. The second-order valence-corrected chi connectivity index (χ2v) is 2.00. The fourth-order valence-electron chi connectivity index (χ4n) is 0.612. The van der Waals surface area contributed by atoms with Crippen LogP contribution in [-0.2, 0) is 4.79 Å². The van der Waals surface area contributed by atoms with Crippen LogP contribution in [0.25, 0.3) is 0 Å². The van der Waals surface area contributed by atoms with E-state index in [4.69, 9.17) is 0 Å². The summed E-state index contributed by atoms with van der Waals surface area (Å²) in [5, 5.41) is 2.80. The summed E-state index contributed by atoms with van der Waals surface area (Å²) in [6.07, 6.45) is 1.26. The van der Waals surface area contributed by atoms with Crippen LogP contribution in [0.4, 0.5) is 0 Å². The Bertz CT molecular complexity index is 152. The van der Waals surface area contributed by atoms with E-state index >= 15 is 0 Å². The second kappa shape index (κ2) is 6.31. The smallest absolute Gasteiger partial charge is 0.147 e.